The Hall–Kier alpha value is -1.35. The first-order valence-electron chi connectivity index (χ1n) is 6.14. The topological polar surface area (TPSA) is 38.9 Å². The highest BCUT2D eigenvalue weighted by molar-refractivity contribution is 7.16. The Kier molecular flexibility index (Phi) is 2.63. The molecular weight excluding hydrogens is 228 g/mol. The molecule has 0 bridgehead atoms. The van der Waals surface area contributed by atoms with Gasteiger partial charge in [-0.05, 0) is 24.8 Å². The van der Waals surface area contributed by atoms with Gasteiger partial charge in [-0.1, -0.05) is 31.2 Å². The minimum Gasteiger partial charge on any atom is -0.389 e. The zero-order valence-corrected chi connectivity index (χ0v) is 10.8. The standard InChI is InChI=1S/C14H16N2S/c1-2-9-5-3-4-6-11(9)12-13(15)17-14(16-12)10-7-8-10/h3-6,10H,2,7-8,15H2,1H3. The minimum atomic E-state index is 0.685. The molecule has 1 fully saturated rings. The van der Waals surface area contributed by atoms with E-state index in [9.17, 15) is 0 Å². The van der Waals surface area contributed by atoms with E-state index in [1.165, 1.54) is 29.0 Å². The molecular formula is C14H16N2S. The number of benzene rings is 1. The van der Waals surface area contributed by atoms with Gasteiger partial charge in [0, 0.05) is 11.5 Å². The summed E-state index contributed by atoms with van der Waals surface area (Å²) >= 11 is 1.67. The number of hydrogen-bond donors (Lipinski definition) is 1. The summed E-state index contributed by atoms with van der Waals surface area (Å²) < 4.78 is 0. The SMILES string of the molecule is CCc1ccccc1-c1nc(C2CC2)sc1N. The van der Waals surface area contributed by atoms with Crippen LogP contribution in [-0.2, 0) is 6.42 Å². The van der Waals surface area contributed by atoms with E-state index in [0.717, 1.165) is 17.1 Å². The molecule has 1 aliphatic carbocycles. The quantitative estimate of drug-likeness (QED) is 0.891. The van der Waals surface area contributed by atoms with E-state index < -0.39 is 0 Å². The van der Waals surface area contributed by atoms with Crippen molar-refractivity contribution in [3.8, 4) is 11.3 Å². The van der Waals surface area contributed by atoms with Gasteiger partial charge < -0.3 is 5.73 Å². The van der Waals surface area contributed by atoms with Crippen LogP contribution < -0.4 is 5.73 Å². The average Bonchev–Trinajstić information content (AvgIpc) is 3.13. The summed E-state index contributed by atoms with van der Waals surface area (Å²) in [5.74, 6) is 0.685. The Labute approximate surface area is 106 Å². The predicted octanol–water partition coefficient (Wildman–Crippen LogP) is 3.83. The Balaban J connectivity index is 2.07. The fourth-order valence-electron chi connectivity index (χ4n) is 2.11. The van der Waals surface area contributed by atoms with Gasteiger partial charge >= 0.3 is 0 Å². The highest BCUT2D eigenvalue weighted by Gasteiger charge is 2.28. The summed E-state index contributed by atoms with van der Waals surface area (Å²) in [7, 11) is 0. The number of nitrogens with two attached hydrogens (primary N) is 1. The Morgan fingerprint density at radius 2 is 2.12 bits per heavy atom. The van der Waals surface area contributed by atoms with Gasteiger partial charge in [0.1, 0.15) is 10.7 Å². The summed E-state index contributed by atoms with van der Waals surface area (Å²) in [6, 6.07) is 8.42. The molecule has 2 nitrogen and oxygen atoms in total. The number of nitrogen functional groups attached to an aromatic ring is 1. The van der Waals surface area contributed by atoms with Crippen LogP contribution in [0.4, 0.5) is 5.00 Å². The van der Waals surface area contributed by atoms with Crippen molar-refractivity contribution in [1.82, 2.24) is 4.98 Å². The summed E-state index contributed by atoms with van der Waals surface area (Å²) in [6.45, 7) is 2.17. The van der Waals surface area contributed by atoms with Gasteiger partial charge in [0.15, 0.2) is 0 Å². The fourth-order valence-corrected chi connectivity index (χ4v) is 3.12. The maximum Gasteiger partial charge on any atom is 0.114 e. The first-order valence-corrected chi connectivity index (χ1v) is 6.95. The maximum atomic E-state index is 6.12. The molecule has 0 saturated heterocycles. The first-order chi connectivity index (χ1) is 8.29. The third-order valence-electron chi connectivity index (χ3n) is 3.25. The van der Waals surface area contributed by atoms with Crippen molar-refractivity contribution in [2.75, 3.05) is 5.73 Å². The lowest BCUT2D eigenvalue weighted by molar-refractivity contribution is 1.08. The molecule has 2 N–H and O–H groups in total. The number of aromatic nitrogens is 1. The predicted molar refractivity (Wildman–Crippen MR) is 73.3 cm³/mol. The van der Waals surface area contributed by atoms with Crippen molar-refractivity contribution in [2.45, 2.75) is 32.1 Å². The fraction of sp³-hybridized carbons (Fsp3) is 0.357. The highest BCUT2D eigenvalue weighted by Crippen LogP contribution is 2.45. The van der Waals surface area contributed by atoms with Gasteiger partial charge in [0.2, 0.25) is 0 Å². The molecule has 0 unspecified atom stereocenters. The van der Waals surface area contributed by atoms with Crippen LogP contribution in [0.1, 0.15) is 36.3 Å². The van der Waals surface area contributed by atoms with Gasteiger partial charge in [-0.3, -0.25) is 0 Å². The van der Waals surface area contributed by atoms with Crippen LogP contribution in [0.5, 0.6) is 0 Å². The second-order valence-corrected chi connectivity index (χ2v) is 5.61. The Bertz CT molecular complexity index is 541. The molecule has 0 aliphatic heterocycles. The second-order valence-electron chi connectivity index (χ2n) is 4.55. The molecule has 0 radical (unpaired) electrons. The summed E-state index contributed by atoms with van der Waals surface area (Å²) in [5, 5.41) is 2.09. The number of rotatable bonds is 3. The van der Waals surface area contributed by atoms with Crippen molar-refractivity contribution >= 4 is 16.3 Å². The number of aryl methyl sites for hydroxylation is 1. The van der Waals surface area contributed by atoms with Crippen molar-refractivity contribution in [3.05, 3.63) is 34.8 Å². The first kappa shape index (κ1) is 10.8. The van der Waals surface area contributed by atoms with Gasteiger partial charge in [0.25, 0.3) is 0 Å². The van der Waals surface area contributed by atoms with Gasteiger partial charge in [-0.15, -0.1) is 11.3 Å². The number of anilines is 1. The molecule has 3 heteroatoms. The van der Waals surface area contributed by atoms with E-state index in [1.54, 1.807) is 11.3 Å². The number of thiazole rings is 1. The molecule has 3 rings (SSSR count). The van der Waals surface area contributed by atoms with Crippen LogP contribution in [-0.4, -0.2) is 4.98 Å². The van der Waals surface area contributed by atoms with Gasteiger partial charge in [-0.2, -0.15) is 0 Å². The van der Waals surface area contributed by atoms with Crippen LogP contribution in [0.2, 0.25) is 0 Å². The normalized spacial score (nSPS) is 15.1. The van der Waals surface area contributed by atoms with E-state index in [1.807, 2.05) is 0 Å². The van der Waals surface area contributed by atoms with Crippen molar-refractivity contribution in [3.63, 3.8) is 0 Å². The summed E-state index contributed by atoms with van der Waals surface area (Å²) in [5.41, 5.74) is 9.64. The number of nitrogens with zero attached hydrogens (tertiary/aromatic N) is 1. The van der Waals surface area contributed by atoms with Crippen molar-refractivity contribution in [1.29, 1.82) is 0 Å². The minimum absolute atomic E-state index is 0.685. The van der Waals surface area contributed by atoms with Crippen LogP contribution in [0.15, 0.2) is 24.3 Å². The van der Waals surface area contributed by atoms with Crippen LogP contribution in [0.3, 0.4) is 0 Å². The molecule has 0 spiro atoms. The second kappa shape index (κ2) is 4.15. The third kappa shape index (κ3) is 1.95. The lowest BCUT2D eigenvalue weighted by Crippen LogP contribution is -1.91. The molecule has 1 heterocycles. The smallest absolute Gasteiger partial charge is 0.114 e. The molecule has 1 aliphatic rings. The molecule has 1 saturated carbocycles. The average molecular weight is 244 g/mol. The lowest BCUT2D eigenvalue weighted by atomic mass is 10.0. The molecule has 1 aromatic carbocycles. The van der Waals surface area contributed by atoms with Crippen LogP contribution in [0.25, 0.3) is 11.3 Å². The van der Waals surface area contributed by atoms with Crippen molar-refractivity contribution < 1.29 is 0 Å². The Morgan fingerprint density at radius 1 is 1.35 bits per heavy atom. The monoisotopic (exact) mass is 244 g/mol. The lowest BCUT2D eigenvalue weighted by Gasteiger charge is -2.05. The van der Waals surface area contributed by atoms with E-state index in [0.29, 0.717) is 5.92 Å². The summed E-state index contributed by atoms with van der Waals surface area (Å²) in [6.07, 6.45) is 3.58. The molecule has 17 heavy (non-hydrogen) atoms. The van der Waals surface area contributed by atoms with Gasteiger partial charge in [0.05, 0.1) is 5.01 Å². The molecule has 88 valence electrons. The van der Waals surface area contributed by atoms with Crippen LogP contribution in [0, 0.1) is 0 Å². The number of hydrogen-bond acceptors (Lipinski definition) is 3. The molecule has 0 amide bonds. The Morgan fingerprint density at radius 3 is 2.82 bits per heavy atom. The molecule has 2 aromatic rings. The van der Waals surface area contributed by atoms with E-state index in [-0.39, 0.29) is 0 Å². The third-order valence-corrected chi connectivity index (χ3v) is 4.30. The van der Waals surface area contributed by atoms with E-state index in [2.05, 4.69) is 31.2 Å². The van der Waals surface area contributed by atoms with Gasteiger partial charge in [-0.25, -0.2) is 4.98 Å². The van der Waals surface area contributed by atoms with Crippen LogP contribution >= 0.6 is 11.3 Å². The zero-order valence-electron chi connectivity index (χ0n) is 9.94. The van der Waals surface area contributed by atoms with Crippen molar-refractivity contribution in [2.24, 2.45) is 0 Å². The zero-order chi connectivity index (χ0) is 11.8. The highest BCUT2D eigenvalue weighted by atomic mass is 32.1. The van der Waals surface area contributed by atoms with E-state index in [4.69, 9.17) is 10.7 Å². The van der Waals surface area contributed by atoms with E-state index >= 15 is 0 Å². The largest absolute Gasteiger partial charge is 0.389 e. The molecule has 1 aromatic heterocycles. The maximum absolute atomic E-state index is 6.12. The molecule has 0 atom stereocenters. The summed E-state index contributed by atoms with van der Waals surface area (Å²) in [4.78, 5) is 4.74.